The minimum absolute atomic E-state index is 0.0208. The predicted octanol–water partition coefficient (Wildman–Crippen LogP) is 5.57. The molecule has 2 unspecified atom stereocenters. The van der Waals surface area contributed by atoms with Gasteiger partial charge in [0.1, 0.15) is 5.78 Å². The Morgan fingerprint density at radius 1 is 0.964 bits per heavy atom. The fourth-order valence-corrected chi connectivity index (χ4v) is 8.23. The maximum Gasteiger partial charge on any atom is 0.139 e. The van der Waals surface area contributed by atoms with Gasteiger partial charge in [-0.15, -0.1) is 0 Å². The third-order valence-electron chi connectivity index (χ3n) is 9.91. The van der Waals surface area contributed by atoms with Crippen LogP contribution in [0, 0.1) is 34.5 Å². The van der Waals surface area contributed by atoms with E-state index in [0.717, 1.165) is 56.8 Å². The number of aliphatic hydroxyl groups is 1. The normalized spacial score (nSPS) is 47.9. The Morgan fingerprint density at radius 2 is 1.75 bits per heavy atom. The highest BCUT2D eigenvalue weighted by Crippen LogP contribution is 2.66. The van der Waals surface area contributed by atoms with Crippen LogP contribution in [-0.4, -0.2) is 16.5 Å². The lowest BCUT2D eigenvalue weighted by atomic mass is 9.44. The molecule has 2 heteroatoms. The van der Waals surface area contributed by atoms with Gasteiger partial charge in [-0.25, -0.2) is 0 Å². The maximum absolute atomic E-state index is 12.6. The van der Waals surface area contributed by atoms with E-state index in [4.69, 9.17) is 0 Å². The molecule has 2 nitrogen and oxygen atoms in total. The Bertz CT molecular complexity index is 757. The van der Waals surface area contributed by atoms with Gasteiger partial charge < -0.3 is 5.11 Å². The fraction of sp³-hybridized carbons (Fsp3) is 0.731. The smallest absolute Gasteiger partial charge is 0.139 e. The van der Waals surface area contributed by atoms with E-state index in [1.807, 2.05) is 0 Å². The molecule has 7 atom stereocenters. The van der Waals surface area contributed by atoms with Crippen molar-refractivity contribution in [1.82, 2.24) is 0 Å². The van der Waals surface area contributed by atoms with Gasteiger partial charge in [-0.3, -0.25) is 4.79 Å². The molecule has 4 fully saturated rings. The van der Waals surface area contributed by atoms with E-state index in [-0.39, 0.29) is 5.41 Å². The number of Topliss-reactive ketones (excluding diaryl/α,β-unsaturated/α-hetero) is 1. The number of hydrogen-bond acceptors (Lipinski definition) is 2. The van der Waals surface area contributed by atoms with Crippen LogP contribution in [0.2, 0.25) is 0 Å². The summed E-state index contributed by atoms with van der Waals surface area (Å²) < 4.78 is 0. The topological polar surface area (TPSA) is 37.3 Å². The molecule has 1 aromatic carbocycles. The third-order valence-corrected chi connectivity index (χ3v) is 9.91. The van der Waals surface area contributed by atoms with Crippen LogP contribution < -0.4 is 0 Å². The number of ketones is 1. The van der Waals surface area contributed by atoms with Gasteiger partial charge in [-0.05, 0) is 86.0 Å². The first-order chi connectivity index (χ1) is 13.3. The molecule has 1 N–H and O–H groups in total. The Kier molecular flexibility index (Phi) is 4.32. The van der Waals surface area contributed by atoms with Crippen LogP contribution in [0.3, 0.4) is 0 Å². The first-order valence-electron chi connectivity index (χ1n) is 11.6. The minimum Gasteiger partial charge on any atom is -0.390 e. The molecule has 4 aliphatic rings. The summed E-state index contributed by atoms with van der Waals surface area (Å²) in [6, 6.07) is 10.5. The van der Waals surface area contributed by atoms with Gasteiger partial charge in [0.15, 0.2) is 0 Å². The van der Waals surface area contributed by atoms with E-state index in [9.17, 15) is 9.90 Å². The second kappa shape index (κ2) is 6.42. The zero-order valence-corrected chi connectivity index (χ0v) is 17.6. The average molecular weight is 381 g/mol. The molecule has 0 radical (unpaired) electrons. The van der Waals surface area contributed by atoms with E-state index in [0.29, 0.717) is 23.0 Å². The summed E-state index contributed by atoms with van der Waals surface area (Å²) in [6.07, 6.45) is 10.7. The molecule has 152 valence electrons. The summed E-state index contributed by atoms with van der Waals surface area (Å²) in [6.45, 7) is 4.81. The quantitative estimate of drug-likeness (QED) is 0.728. The first kappa shape index (κ1) is 18.9. The van der Waals surface area contributed by atoms with Gasteiger partial charge in [0, 0.05) is 18.3 Å². The van der Waals surface area contributed by atoms with E-state index in [2.05, 4.69) is 44.2 Å². The molecule has 0 bridgehead atoms. The summed E-state index contributed by atoms with van der Waals surface area (Å²) in [4.78, 5) is 12.6. The van der Waals surface area contributed by atoms with Crippen LogP contribution in [0.5, 0.6) is 0 Å². The van der Waals surface area contributed by atoms with Gasteiger partial charge in [0.2, 0.25) is 0 Å². The van der Waals surface area contributed by atoms with Crippen molar-refractivity contribution < 1.29 is 9.90 Å². The molecule has 5 rings (SSSR count). The fourth-order valence-electron chi connectivity index (χ4n) is 8.23. The van der Waals surface area contributed by atoms with Gasteiger partial charge >= 0.3 is 0 Å². The molecule has 4 saturated carbocycles. The molecule has 0 spiro atoms. The van der Waals surface area contributed by atoms with E-state index in [1.165, 1.54) is 24.8 Å². The molecule has 0 amide bonds. The number of carbonyl (C=O) groups is 1. The van der Waals surface area contributed by atoms with Gasteiger partial charge in [-0.2, -0.15) is 0 Å². The Morgan fingerprint density at radius 3 is 2.54 bits per heavy atom. The Balaban J connectivity index is 1.36. The Hall–Kier alpha value is -1.15. The van der Waals surface area contributed by atoms with Crippen molar-refractivity contribution in [3.05, 3.63) is 35.9 Å². The zero-order valence-electron chi connectivity index (χ0n) is 17.6. The molecule has 0 heterocycles. The second-order valence-corrected chi connectivity index (χ2v) is 11.2. The third kappa shape index (κ3) is 2.74. The van der Waals surface area contributed by atoms with Crippen LogP contribution in [0.25, 0.3) is 0 Å². The predicted molar refractivity (Wildman–Crippen MR) is 112 cm³/mol. The highest BCUT2D eigenvalue weighted by Gasteiger charge is 2.61. The lowest BCUT2D eigenvalue weighted by molar-refractivity contribution is -0.153. The average Bonchev–Trinajstić information content (AvgIpc) is 2.98. The molecule has 4 aliphatic carbocycles. The lowest BCUT2D eigenvalue weighted by Crippen LogP contribution is -2.56. The zero-order chi connectivity index (χ0) is 19.6. The van der Waals surface area contributed by atoms with Crippen molar-refractivity contribution in [1.29, 1.82) is 0 Å². The van der Waals surface area contributed by atoms with Crippen LogP contribution in [0.1, 0.15) is 77.2 Å². The largest absolute Gasteiger partial charge is 0.390 e. The van der Waals surface area contributed by atoms with E-state index >= 15 is 0 Å². The molecule has 1 aromatic rings. The highest BCUT2D eigenvalue weighted by atomic mass is 16.3. The van der Waals surface area contributed by atoms with Crippen LogP contribution >= 0.6 is 0 Å². The van der Waals surface area contributed by atoms with Crippen LogP contribution in [-0.2, 0) is 11.2 Å². The Labute approximate surface area is 170 Å². The van der Waals surface area contributed by atoms with Crippen molar-refractivity contribution in [2.75, 3.05) is 0 Å². The maximum atomic E-state index is 12.6. The molecular weight excluding hydrogens is 344 g/mol. The summed E-state index contributed by atoms with van der Waals surface area (Å²) in [5, 5.41) is 11.5. The van der Waals surface area contributed by atoms with Gasteiger partial charge in [0.05, 0.1) is 5.60 Å². The van der Waals surface area contributed by atoms with Gasteiger partial charge in [-0.1, -0.05) is 44.2 Å². The molecule has 0 aromatic heterocycles. The number of fused-ring (bicyclic) bond motifs is 5. The molecule has 28 heavy (non-hydrogen) atoms. The van der Waals surface area contributed by atoms with Crippen molar-refractivity contribution in [2.45, 2.75) is 83.7 Å². The van der Waals surface area contributed by atoms with E-state index < -0.39 is 5.60 Å². The standard InChI is InChI=1S/C26H36O2/c1-24-14-15-26(28,16-18-6-4-3-5-7-18)17-19(24)8-9-20-21-10-11-23(27)25(21,2)13-12-22(20)24/h3-7,19-22,28H,8-17H2,1-2H3/t19?,20-,21-,22+,24-,25-,26?/m0/s1. The van der Waals surface area contributed by atoms with Crippen molar-refractivity contribution in [2.24, 2.45) is 34.5 Å². The van der Waals surface area contributed by atoms with Crippen molar-refractivity contribution in [3.63, 3.8) is 0 Å². The van der Waals surface area contributed by atoms with Gasteiger partial charge in [0.25, 0.3) is 0 Å². The summed E-state index contributed by atoms with van der Waals surface area (Å²) in [5.74, 6) is 3.31. The highest BCUT2D eigenvalue weighted by molar-refractivity contribution is 5.87. The minimum atomic E-state index is -0.537. The van der Waals surface area contributed by atoms with Crippen molar-refractivity contribution in [3.8, 4) is 0 Å². The summed E-state index contributed by atoms with van der Waals surface area (Å²) in [5.41, 5.74) is 1.07. The molecule has 0 saturated heterocycles. The molecule has 0 aliphatic heterocycles. The first-order valence-corrected chi connectivity index (χ1v) is 11.6. The SMILES string of the molecule is C[C@]12CCC(O)(Cc3ccccc3)CC1CC[C@@H]1[C@H]2CC[C@]2(C)C(=O)CC[C@@H]12. The number of carbonyl (C=O) groups excluding carboxylic acids is 1. The summed E-state index contributed by atoms with van der Waals surface area (Å²) in [7, 11) is 0. The number of rotatable bonds is 2. The van der Waals surface area contributed by atoms with E-state index in [1.54, 1.807) is 0 Å². The summed E-state index contributed by atoms with van der Waals surface area (Å²) >= 11 is 0. The second-order valence-electron chi connectivity index (χ2n) is 11.2. The number of hydrogen-bond donors (Lipinski definition) is 1. The monoisotopic (exact) mass is 380 g/mol. The van der Waals surface area contributed by atoms with Crippen molar-refractivity contribution >= 4 is 5.78 Å². The lowest BCUT2D eigenvalue weighted by Gasteiger charge is -2.61. The van der Waals surface area contributed by atoms with Crippen LogP contribution in [0.15, 0.2) is 30.3 Å². The number of benzene rings is 1. The van der Waals surface area contributed by atoms with Crippen LogP contribution in [0.4, 0.5) is 0 Å². The molecular formula is C26H36O2.